The molecule has 1 atom stereocenters. The first kappa shape index (κ1) is 9.39. The van der Waals surface area contributed by atoms with E-state index < -0.39 is 8.96 Å². The third kappa shape index (κ3) is 3.18. The van der Waals surface area contributed by atoms with Crippen LogP contribution in [0.5, 0.6) is 0 Å². The number of nitrogens with zero attached hydrogens (tertiary/aromatic N) is 1. The van der Waals surface area contributed by atoms with E-state index in [-0.39, 0.29) is 0 Å². The minimum Gasteiger partial charge on any atom is -0.353 e. The van der Waals surface area contributed by atoms with Crippen LogP contribution in [0.2, 0.25) is 13.1 Å². The van der Waals surface area contributed by atoms with Gasteiger partial charge in [-0.15, -0.1) is 0 Å². The Labute approximate surface area is 63.6 Å². The van der Waals surface area contributed by atoms with E-state index in [9.17, 15) is 0 Å². The lowest BCUT2D eigenvalue weighted by Gasteiger charge is -2.27. The summed E-state index contributed by atoms with van der Waals surface area (Å²) in [7, 11) is 0.817. The molecule has 0 fully saturated rings. The summed E-state index contributed by atoms with van der Waals surface area (Å²) in [6, 6.07) is 0.850. The quantitative estimate of drug-likeness (QED) is 0.540. The molecule has 1 unspecified atom stereocenters. The smallest absolute Gasteiger partial charge is 0.0978 e. The van der Waals surface area contributed by atoms with Crippen molar-refractivity contribution in [2.75, 3.05) is 0 Å². The molecule has 1 nitrogen and oxygen atoms in total. The van der Waals surface area contributed by atoms with E-state index >= 15 is 0 Å². The Morgan fingerprint density at radius 1 is 1.56 bits per heavy atom. The maximum Gasteiger partial charge on any atom is 0.0978 e. The molecule has 0 rings (SSSR count). The number of hydrogen-bond acceptors (Lipinski definition) is 1. The largest absolute Gasteiger partial charge is 0.353 e. The maximum absolute atomic E-state index is 2.67. The molecule has 0 spiro atoms. The standard InChI is InChI=1S/C6H19NSi2/c1-5-6(2)7(8)9(3)4/h6,9H,5H2,1-4,8H3. The van der Waals surface area contributed by atoms with Gasteiger partial charge in [-0.05, 0) is 12.5 Å². The van der Waals surface area contributed by atoms with Crippen molar-refractivity contribution in [3.63, 3.8) is 0 Å². The first-order valence-corrected chi connectivity index (χ1v) is 7.53. The Bertz CT molecular complexity index is 75.5. The van der Waals surface area contributed by atoms with Gasteiger partial charge in [0.25, 0.3) is 0 Å². The highest BCUT2D eigenvalue weighted by atomic mass is 28.3. The average molecular weight is 161 g/mol. The molecule has 0 aliphatic rings. The molecule has 0 heterocycles. The van der Waals surface area contributed by atoms with E-state index in [4.69, 9.17) is 0 Å². The molecular weight excluding hydrogens is 142 g/mol. The van der Waals surface area contributed by atoms with Gasteiger partial charge in [-0.3, -0.25) is 0 Å². The Hall–Kier alpha value is 0.394. The molecule has 0 saturated heterocycles. The predicted octanol–water partition coefficient (Wildman–Crippen LogP) is 0.351. The minimum atomic E-state index is -0.445. The molecule has 0 aromatic rings. The van der Waals surface area contributed by atoms with E-state index in [1.54, 1.807) is 0 Å². The molecule has 0 radical (unpaired) electrons. The second-order valence-corrected chi connectivity index (χ2v) is 8.08. The summed E-state index contributed by atoms with van der Waals surface area (Å²) in [5.41, 5.74) is 0. The van der Waals surface area contributed by atoms with Crippen LogP contribution in [0.4, 0.5) is 0 Å². The van der Waals surface area contributed by atoms with E-state index in [2.05, 4.69) is 31.2 Å². The maximum atomic E-state index is 2.67. The zero-order valence-corrected chi connectivity index (χ0v) is 10.5. The molecule has 0 aromatic heterocycles. The predicted molar refractivity (Wildman–Crippen MR) is 50.4 cm³/mol. The lowest BCUT2D eigenvalue weighted by molar-refractivity contribution is 0.494. The van der Waals surface area contributed by atoms with Crippen LogP contribution >= 0.6 is 0 Å². The van der Waals surface area contributed by atoms with Gasteiger partial charge in [-0.1, -0.05) is 26.9 Å². The van der Waals surface area contributed by atoms with Crippen molar-refractivity contribution < 1.29 is 0 Å². The molecule has 0 amide bonds. The van der Waals surface area contributed by atoms with Crippen molar-refractivity contribution in [2.45, 2.75) is 39.4 Å². The van der Waals surface area contributed by atoms with Gasteiger partial charge in [0.15, 0.2) is 0 Å². The highest BCUT2D eigenvalue weighted by Crippen LogP contribution is 2.00. The van der Waals surface area contributed by atoms with Crippen LogP contribution in [0.3, 0.4) is 0 Å². The first-order chi connectivity index (χ1) is 4.09. The van der Waals surface area contributed by atoms with Gasteiger partial charge in [0.05, 0.1) is 19.4 Å². The molecule has 56 valence electrons. The Morgan fingerprint density at radius 3 is 2.11 bits per heavy atom. The zero-order valence-electron chi connectivity index (χ0n) is 7.31. The van der Waals surface area contributed by atoms with Crippen molar-refractivity contribution in [3.05, 3.63) is 0 Å². The first-order valence-electron chi connectivity index (χ1n) is 3.81. The molecule has 9 heavy (non-hydrogen) atoms. The zero-order chi connectivity index (χ0) is 7.44. The van der Waals surface area contributed by atoms with Gasteiger partial charge in [0.2, 0.25) is 0 Å². The molecule has 0 aliphatic heterocycles. The van der Waals surface area contributed by atoms with Gasteiger partial charge in [-0.2, -0.15) is 0 Å². The molecule has 0 aliphatic carbocycles. The lowest BCUT2D eigenvalue weighted by Crippen LogP contribution is -2.38. The number of hydrogen-bond donors (Lipinski definition) is 0. The van der Waals surface area contributed by atoms with Crippen LogP contribution in [0.25, 0.3) is 0 Å². The number of rotatable bonds is 3. The summed E-state index contributed by atoms with van der Waals surface area (Å²) in [6.07, 6.45) is 1.31. The van der Waals surface area contributed by atoms with E-state index in [1.807, 2.05) is 0 Å². The van der Waals surface area contributed by atoms with Gasteiger partial charge in [-0.25, -0.2) is 0 Å². The summed E-state index contributed by atoms with van der Waals surface area (Å²) < 4.78 is 2.67. The Balaban J connectivity index is 3.58. The molecule has 0 N–H and O–H groups in total. The summed E-state index contributed by atoms with van der Waals surface area (Å²) in [4.78, 5) is 0. The fraction of sp³-hybridized carbons (Fsp3) is 1.00. The Morgan fingerprint density at radius 2 is 2.00 bits per heavy atom. The van der Waals surface area contributed by atoms with Gasteiger partial charge >= 0.3 is 0 Å². The van der Waals surface area contributed by atoms with E-state index in [1.165, 1.54) is 16.8 Å². The monoisotopic (exact) mass is 161 g/mol. The molecule has 0 bridgehead atoms. The summed E-state index contributed by atoms with van der Waals surface area (Å²) in [5, 5.41) is 0. The average Bonchev–Trinajstić information content (AvgIpc) is 1.84. The van der Waals surface area contributed by atoms with Crippen LogP contribution in [-0.2, 0) is 0 Å². The normalized spacial score (nSPS) is 15.3. The van der Waals surface area contributed by atoms with E-state index in [0.717, 1.165) is 6.04 Å². The van der Waals surface area contributed by atoms with Crippen molar-refractivity contribution in [2.24, 2.45) is 0 Å². The Kier molecular flexibility index (Phi) is 4.43. The summed E-state index contributed by atoms with van der Waals surface area (Å²) in [5.74, 6) is 0. The van der Waals surface area contributed by atoms with Gasteiger partial charge in [0.1, 0.15) is 0 Å². The van der Waals surface area contributed by atoms with Crippen molar-refractivity contribution in [1.82, 2.24) is 4.23 Å². The van der Waals surface area contributed by atoms with Crippen molar-refractivity contribution in [3.8, 4) is 0 Å². The molecular formula is C6H19NSi2. The third-order valence-corrected chi connectivity index (χ3v) is 8.22. The topological polar surface area (TPSA) is 3.24 Å². The molecule has 0 aromatic carbocycles. The fourth-order valence-electron chi connectivity index (χ4n) is 0.797. The van der Waals surface area contributed by atoms with Crippen molar-refractivity contribution in [1.29, 1.82) is 0 Å². The van der Waals surface area contributed by atoms with Crippen LogP contribution in [-0.4, -0.2) is 29.6 Å². The summed E-state index contributed by atoms with van der Waals surface area (Å²) in [6.45, 7) is 9.41. The minimum absolute atomic E-state index is 0.445. The molecule has 0 saturated carbocycles. The highest BCUT2D eigenvalue weighted by Gasteiger charge is 2.09. The van der Waals surface area contributed by atoms with Gasteiger partial charge in [0, 0.05) is 0 Å². The second-order valence-electron chi connectivity index (χ2n) is 3.02. The van der Waals surface area contributed by atoms with Crippen LogP contribution in [0, 0.1) is 0 Å². The lowest BCUT2D eigenvalue weighted by atomic mass is 10.3. The van der Waals surface area contributed by atoms with E-state index in [0.29, 0.717) is 0 Å². The third-order valence-electron chi connectivity index (χ3n) is 2.10. The highest BCUT2D eigenvalue weighted by molar-refractivity contribution is 6.58. The SMILES string of the molecule is CCC(C)N([SiH3])[SiH](C)C. The van der Waals surface area contributed by atoms with Crippen LogP contribution < -0.4 is 0 Å². The summed E-state index contributed by atoms with van der Waals surface area (Å²) >= 11 is 0. The van der Waals surface area contributed by atoms with Crippen LogP contribution in [0.1, 0.15) is 20.3 Å². The van der Waals surface area contributed by atoms with Crippen molar-refractivity contribution >= 4 is 19.4 Å². The van der Waals surface area contributed by atoms with Gasteiger partial charge < -0.3 is 4.23 Å². The fourth-order valence-corrected chi connectivity index (χ4v) is 2.39. The molecule has 3 heteroatoms. The second kappa shape index (κ2) is 4.25. The van der Waals surface area contributed by atoms with Crippen LogP contribution in [0.15, 0.2) is 0 Å².